The van der Waals surface area contributed by atoms with E-state index in [1.54, 1.807) is 17.0 Å². The Morgan fingerprint density at radius 3 is 2.48 bits per heavy atom. The van der Waals surface area contributed by atoms with E-state index in [1.165, 1.54) is 12.3 Å². The van der Waals surface area contributed by atoms with Crippen LogP contribution in [0.3, 0.4) is 0 Å². The molecule has 2 aliphatic heterocycles. The molecule has 1 unspecified atom stereocenters. The molecule has 9 heteroatoms. The maximum Gasteiger partial charge on any atom is 0.410 e. The first kappa shape index (κ1) is 19.8. The summed E-state index contributed by atoms with van der Waals surface area (Å²) >= 11 is 0. The van der Waals surface area contributed by atoms with Gasteiger partial charge in [0.25, 0.3) is 5.91 Å². The number of halogens is 3. The van der Waals surface area contributed by atoms with Gasteiger partial charge in [0.2, 0.25) is 0 Å². The van der Waals surface area contributed by atoms with Gasteiger partial charge in [-0.1, -0.05) is 6.92 Å². The summed E-state index contributed by atoms with van der Waals surface area (Å²) in [7, 11) is 0. The van der Waals surface area contributed by atoms with Crippen molar-refractivity contribution in [2.24, 2.45) is 5.92 Å². The molecule has 2 aromatic rings. The van der Waals surface area contributed by atoms with Crippen LogP contribution in [0, 0.1) is 5.92 Å². The SMILES string of the molecule is CC1C[C@@H](C)N(C(=O)c2cc3n(n2)[C@H](C(F)(F)F)C[C@@H](c2ccco2)N3)[C@@H](C)C1. The number of anilines is 1. The third-order valence-electron chi connectivity index (χ3n) is 5.97. The highest BCUT2D eigenvalue weighted by Gasteiger charge is 2.47. The fourth-order valence-electron chi connectivity index (χ4n) is 4.81. The van der Waals surface area contributed by atoms with Gasteiger partial charge in [-0.15, -0.1) is 0 Å². The van der Waals surface area contributed by atoms with Crippen LogP contribution in [0.15, 0.2) is 28.9 Å². The fourth-order valence-corrected chi connectivity index (χ4v) is 4.81. The summed E-state index contributed by atoms with van der Waals surface area (Å²) in [5, 5.41) is 7.13. The Morgan fingerprint density at radius 1 is 1.21 bits per heavy atom. The van der Waals surface area contributed by atoms with Crippen LogP contribution in [0.4, 0.5) is 19.0 Å². The predicted molar refractivity (Wildman–Crippen MR) is 100 cm³/mol. The van der Waals surface area contributed by atoms with Gasteiger partial charge in [-0.3, -0.25) is 4.79 Å². The average molecular weight is 410 g/mol. The number of nitrogens with zero attached hydrogens (tertiary/aromatic N) is 3. The van der Waals surface area contributed by atoms with Gasteiger partial charge in [-0.25, -0.2) is 4.68 Å². The number of furan rings is 1. The molecule has 1 fully saturated rings. The fraction of sp³-hybridized carbons (Fsp3) is 0.600. The van der Waals surface area contributed by atoms with Crippen LogP contribution in [0.25, 0.3) is 0 Å². The van der Waals surface area contributed by atoms with Crippen molar-refractivity contribution in [3.63, 3.8) is 0 Å². The zero-order chi connectivity index (χ0) is 20.9. The van der Waals surface area contributed by atoms with Crippen LogP contribution in [0.5, 0.6) is 0 Å². The van der Waals surface area contributed by atoms with E-state index >= 15 is 0 Å². The molecule has 0 bridgehead atoms. The number of likely N-dealkylation sites (tertiary alicyclic amines) is 1. The van der Waals surface area contributed by atoms with E-state index in [1.807, 2.05) is 13.8 Å². The third kappa shape index (κ3) is 3.62. The minimum absolute atomic E-state index is 0.0159. The van der Waals surface area contributed by atoms with Crippen molar-refractivity contribution in [2.45, 2.75) is 70.4 Å². The topological polar surface area (TPSA) is 63.3 Å². The highest BCUT2D eigenvalue weighted by molar-refractivity contribution is 5.93. The zero-order valence-electron chi connectivity index (χ0n) is 16.6. The number of alkyl halides is 3. The van der Waals surface area contributed by atoms with Crippen LogP contribution in [0.1, 0.15) is 68.4 Å². The lowest BCUT2D eigenvalue weighted by Gasteiger charge is -2.41. The minimum Gasteiger partial charge on any atom is -0.467 e. The zero-order valence-corrected chi connectivity index (χ0v) is 16.6. The molecule has 4 heterocycles. The van der Waals surface area contributed by atoms with Crippen molar-refractivity contribution in [2.75, 3.05) is 5.32 Å². The lowest BCUT2D eigenvalue weighted by molar-refractivity contribution is -0.174. The molecule has 0 radical (unpaired) electrons. The molecule has 5 atom stereocenters. The largest absolute Gasteiger partial charge is 0.467 e. The van der Waals surface area contributed by atoms with Gasteiger partial charge < -0.3 is 14.6 Å². The second-order valence-electron chi connectivity index (χ2n) is 8.35. The number of hydrogen-bond donors (Lipinski definition) is 1. The van der Waals surface area contributed by atoms with Crippen molar-refractivity contribution in [3.8, 4) is 0 Å². The number of fused-ring (bicyclic) bond motifs is 1. The van der Waals surface area contributed by atoms with Crippen molar-refractivity contribution < 1.29 is 22.4 Å². The number of carbonyl (C=O) groups is 1. The van der Waals surface area contributed by atoms with E-state index in [0.29, 0.717) is 11.7 Å². The van der Waals surface area contributed by atoms with E-state index in [0.717, 1.165) is 17.5 Å². The number of carbonyl (C=O) groups excluding carboxylic acids is 1. The van der Waals surface area contributed by atoms with E-state index in [4.69, 9.17) is 4.42 Å². The first-order valence-electron chi connectivity index (χ1n) is 9.94. The number of rotatable bonds is 2. The summed E-state index contributed by atoms with van der Waals surface area (Å²) in [6.07, 6.45) is -1.58. The van der Waals surface area contributed by atoms with Gasteiger partial charge in [0.1, 0.15) is 11.6 Å². The molecule has 0 aliphatic carbocycles. The number of amides is 1. The highest BCUT2D eigenvalue weighted by atomic mass is 19.4. The average Bonchev–Trinajstić information content (AvgIpc) is 3.28. The van der Waals surface area contributed by atoms with Crippen molar-refractivity contribution in [1.82, 2.24) is 14.7 Å². The molecule has 0 spiro atoms. The summed E-state index contributed by atoms with van der Waals surface area (Å²) in [6, 6.07) is 2.27. The summed E-state index contributed by atoms with van der Waals surface area (Å²) in [5.41, 5.74) is 0.0371. The molecular formula is C20H25F3N4O2. The van der Waals surface area contributed by atoms with E-state index in [-0.39, 0.29) is 35.9 Å². The maximum atomic E-state index is 13.8. The van der Waals surface area contributed by atoms with Crippen molar-refractivity contribution in [3.05, 3.63) is 35.9 Å². The predicted octanol–water partition coefficient (Wildman–Crippen LogP) is 4.79. The van der Waals surface area contributed by atoms with Gasteiger partial charge >= 0.3 is 6.18 Å². The molecule has 1 saturated heterocycles. The second-order valence-corrected chi connectivity index (χ2v) is 8.35. The Bertz CT molecular complexity index is 865. The molecule has 4 rings (SSSR count). The first-order valence-corrected chi connectivity index (χ1v) is 9.94. The number of nitrogens with one attached hydrogen (secondary N) is 1. The molecule has 2 aliphatic rings. The molecule has 1 N–H and O–H groups in total. The normalized spacial score (nSPS) is 30.0. The van der Waals surface area contributed by atoms with E-state index in [9.17, 15) is 18.0 Å². The monoisotopic (exact) mass is 410 g/mol. The van der Waals surface area contributed by atoms with E-state index in [2.05, 4.69) is 17.3 Å². The minimum atomic E-state index is -4.49. The Balaban J connectivity index is 1.66. The quantitative estimate of drug-likeness (QED) is 0.774. The summed E-state index contributed by atoms with van der Waals surface area (Å²) in [6.45, 7) is 6.10. The smallest absolute Gasteiger partial charge is 0.410 e. The van der Waals surface area contributed by atoms with Gasteiger partial charge in [-0.2, -0.15) is 18.3 Å². The van der Waals surface area contributed by atoms with Gasteiger partial charge in [0.15, 0.2) is 11.7 Å². The number of aromatic nitrogens is 2. The van der Waals surface area contributed by atoms with Gasteiger partial charge in [0.05, 0.1) is 12.3 Å². The Labute approximate surface area is 167 Å². The van der Waals surface area contributed by atoms with Crippen LogP contribution in [0.2, 0.25) is 0 Å². The number of piperidine rings is 1. The molecule has 1 amide bonds. The molecule has 2 aromatic heterocycles. The van der Waals surface area contributed by atoms with Crippen molar-refractivity contribution >= 4 is 11.7 Å². The second kappa shape index (κ2) is 7.11. The van der Waals surface area contributed by atoms with Crippen LogP contribution in [-0.4, -0.2) is 38.8 Å². The van der Waals surface area contributed by atoms with Gasteiger partial charge in [-0.05, 0) is 44.7 Å². The van der Waals surface area contributed by atoms with Gasteiger partial charge in [0, 0.05) is 24.6 Å². The highest BCUT2D eigenvalue weighted by Crippen LogP contribution is 2.44. The number of hydrogen-bond acceptors (Lipinski definition) is 4. The lowest BCUT2D eigenvalue weighted by Crippen LogP contribution is -2.49. The molecule has 158 valence electrons. The van der Waals surface area contributed by atoms with Crippen LogP contribution < -0.4 is 5.32 Å². The molecular weight excluding hydrogens is 385 g/mol. The first-order chi connectivity index (χ1) is 13.6. The Morgan fingerprint density at radius 2 is 1.90 bits per heavy atom. The summed E-state index contributed by atoms with van der Waals surface area (Å²) in [5.74, 6) is 0.779. The van der Waals surface area contributed by atoms with Crippen LogP contribution >= 0.6 is 0 Å². The molecule has 6 nitrogen and oxygen atoms in total. The van der Waals surface area contributed by atoms with Crippen molar-refractivity contribution in [1.29, 1.82) is 0 Å². The lowest BCUT2D eigenvalue weighted by atomic mass is 9.88. The maximum absolute atomic E-state index is 13.8. The van der Waals surface area contributed by atoms with E-state index < -0.39 is 18.3 Å². The summed E-state index contributed by atoms with van der Waals surface area (Å²) in [4.78, 5) is 14.9. The third-order valence-corrected chi connectivity index (χ3v) is 5.97. The van der Waals surface area contributed by atoms with Crippen LogP contribution in [-0.2, 0) is 0 Å². The molecule has 0 aromatic carbocycles. The standard InChI is InChI=1S/C20H25F3N4O2/c1-11-7-12(2)26(13(3)8-11)19(28)15-10-18-24-14(16-5-4-6-29-16)9-17(20(21,22)23)27(18)25-15/h4-6,10-14,17,24H,7-9H2,1-3H3/t11?,12-,13+,14-,17-/m0/s1. The molecule has 0 saturated carbocycles. The Hall–Kier alpha value is -2.45. The Kier molecular flexibility index (Phi) is 4.86. The summed E-state index contributed by atoms with van der Waals surface area (Å²) < 4.78 is 47.5. The molecule has 29 heavy (non-hydrogen) atoms.